The minimum absolute atomic E-state index is 0. The maximum Gasteiger partial charge on any atom is 1.00 e. The van der Waals surface area contributed by atoms with E-state index in [1.54, 1.807) is 0 Å². The number of carbonyl (C=O) groups excluding carboxylic acids is 2. The van der Waals surface area contributed by atoms with Gasteiger partial charge in [-0.05, 0) is 82.4 Å². The number of allylic oxidation sites excluding steroid dienone is 4. The Hall–Kier alpha value is -1.45. The van der Waals surface area contributed by atoms with Gasteiger partial charge in [-0.3, -0.25) is 0 Å². The Kier molecular flexibility index (Phi) is 44.6. The Morgan fingerprint density at radius 3 is 1.00 bits per heavy atom. The zero-order valence-corrected chi connectivity index (χ0v) is 43.9. The van der Waals surface area contributed by atoms with Gasteiger partial charge in [0.1, 0.15) is 10.1 Å². The maximum atomic E-state index is 13.0. The molecule has 0 radical (unpaired) electrons. The topological polar surface area (TPSA) is 110 Å². The number of hydrogen-bond donors (Lipinski definition) is 0. The minimum atomic E-state index is -4.82. The van der Waals surface area contributed by atoms with E-state index in [0.717, 1.165) is 63.5 Å². The Bertz CT molecular complexity index is 1380. The Labute approximate surface area is 410 Å². The second-order valence-electron chi connectivity index (χ2n) is 17.8. The molecule has 0 aliphatic rings. The zero-order valence-electron chi connectivity index (χ0n) is 41.1. The standard InChI is InChI=1S/C54H94O7S.Na/c1-3-5-7-9-11-13-15-17-19-21-23-25-27-29-31-33-35-37-39-41-43-47-60-53(55)51-46-45-50(62(57,58)59)49-52(51)54(56)61-48-44-42-40-38-36-34-32-30-28-26-24-22-20-18-16-14-12-10-8-6-4-2;/h25-28,45-46,49H,3-24,29-44,47-48H2,1-2H3,(H,57,58,59);/q;+1/p-1/b27-25+,28-26+;. The molecule has 0 amide bonds. The van der Waals surface area contributed by atoms with E-state index in [-0.39, 0.29) is 53.9 Å². The third kappa shape index (κ3) is 38.4. The Morgan fingerprint density at radius 2 is 0.698 bits per heavy atom. The first-order valence-corrected chi connectivity index (χ1v) is 27.5. The van der Waals surface area contributed by atoms with Gasteiger partial charge in [-0.1, -0.05) is 218 Å². The van der Waals surface area contributed by atoms with E-state index >= 15 is 0 Å². The first-order valence-electron chi connectivity index (χ1n) is 26.0. The van der Waals surface area contributed by atoms with Crippen molar-refractivity contribution in [2.75, 3.05) is 13.2 Å². The van der Waals surface area contributed by atoms with Crippen molar-refractivity contribution in [2.45, 2.75) is 263 Å². The average molecular weight is 909 g/mol. The van der Waals surface area contributed by atoms with Crippen molar-refractivity contribution in [3.05, 3.63) is 53.6 Å². The fourth-order valence-electron chi connectivity index (χ4n) is 7.98. The number of esters is 2. The van der Waals surface area contributed by atoms with Crippen LogP contribution in [-0.2, 0) is 19.6 Å². The van der Waals surface area contributed by atoms with Crippen LogP contribution in [0.1, 0.15) is 279 Å². The van der Waals surface area contributed by atoms with Crippen LogP contribution < -0.4 is 29.6 Å². The monoisotopic (exact) mass is 909 g/mol. The molecular formula is C54H93NaO7S. The molecule has 1 aromatic rings. The van der Waals surface area contributed by atoms with Crippen LogP contribution in [-0.4, -0.2) is 38.1 Å². The van der Waals surface area contributed by atoms with Gasteiger partial charge >= 0.3 is 41.5 Å². The van der Waals surface area contributed by atoms with Crippen LogP contribution in [0.3, 0.4) is 0 Å². The van der Waals surface area contributed by atoms with Crippen molar-refractivity contribution in [3.63, 3.8) is 0 Å². The normalized spacial score (nSPS) is 11.7. The van der Waals surface area contributed by atoms with E-state index < -0.39 is 27.0 Å². The number of hydrogen-bond acceptors (Lipinski definition) is 7. The van der Waals surface area contributed by atoms with E-state index in [1.165, 1.54) is 186 Å². The predicted octanol–water partition coefficient (Wildman–Crippen LogP) is 13.9. The molecule has 7 nitrogen and oxygen atoms in total. The number of rotatable bonds is 45. The van der Waals surface area contributed by atoms with Crippen molar-refractivity contribution in [1.29, 1.82) is 0 Å². The van der Waals surface area contributed by atoms with Gasteiger partial charge in [0.2, 0.25) is 0 Å². The van der Waals surface area contributed by atoms with Gasteiger partial charge < -0.3 is 14.0 Å². The van der Waals surface area contributed by atoms with E-state index in [0.29, 0.717) is 12.8 Å². The summed E-state index contributed by atoms with van der Waals surface area (Å²) in [5.41, 5.74) is -0.341. The molecule has 63 heavy (non-hydrogen) atoms. The number of carbonyl (C=O) groups is 2. The van der Waals surface area contributed by atoms with Crippen LogP contribution in [0, 0.1) is 0 Å². The summed E-state index contributed by atoms with van der Waals surface area (Å²) < 4.78 is 46.0. The third-order valence-electron chi connectivity index (χ3n) is 12.0. The van der Waals surface area contributed by atoms with Gasteiger partial charge in [0.15, 0.2) is 0 Å². The number of ether oxygens (including phenoxy) is 2. The smallest absolute Gasteiger partial charge is 0.744 e. The fraction of sp³-hybridized carbons (Fsp3) is 0.778. The molecule has 0 aromatic heterocycles. The second kappa shape index (κ2) is 45.7. The van der Waals surface area contributed by atoms with Gasteiger partial charge in [0, 0.05) is 0 Å². The molecule has 0 bridgehead atoms. The Morgan fingerprint density at radius 1 is 0.429 bits per heavy atom. The van der Waals surface area contributed by atoms with Crippen LogP contribution in [0.2, 0.25) is 0 Å². The molecule has 0 heterocycles. The molecule has 0 aliphatic carbocycles. The molecule has 0 saturated heterocycles. The SMILES string of the molecule is CCCCCCCCCCCC/C=C/CCCCCCCCCOC(=O)c1ccc(S(=O)(=O)[O-])cc1C(=O)OCCCCCCCCC/C=C/CCCCCCCCCCCC.[Na+]. The molecule has 1 rings (SSSR count). The molecule has 0 unspecified atom stereocenters. The summed E-state index contributed by atoms with van der Waals surface area (Å²) in [6.07, 6.45) is 56.6. The number of benzene rings is 1. The molecule has 358 valence electrons. The van der Waals surface area contributed by atoms with Gasteiger partial charge in [0.05, 0.1) is 29.2 Å². The van der Waals surface area contributed by atoms with E-state index in [4.69, 9.17) is 9.47 Å². The van der Waals surface area contributed by atoms with Crippen molar-refractivity contribution in [3.8, 4) is 0 Å². The summed E-state index contributed by atoms with van der Waals surface area (Å²) in [5, 5.41) is 0. The van der Waals surface area contributed by atoms with Gasteiger partial charge in [-0.15, -0.1) is 0 Å². The summed E-state index contributed by atoms with van der Waals surface area (Å²) in [4.78, 5) is 25.4. The molecule has 0 N–H and O–H groups in total. The van der Waals surface area contributed by atoms with Gasteiger partial charge in [-0.2, -0.15) is 0 Å². The van der Waals surface area contributed by atoms with Gasteiger partial charge in [-0.25, -0.2) is 18.0 Å². The molecule has 0 saturated carbocycles. The summed E-state index contributed by atoms with van der Waals surface area (Å²) in [7, 11) is -4.82. The summed E-state index contributed by atoms with van der Waals surface area (Å²) in [6.45, 7) is 4.90. The van der Waals surface area contributed by atoms with Crippen LogP contribution in [0.15, 0.2) is 47.4 Å². The molecule has 0 spiro atoms. The van der Waals surface area contributed by atoms with Crippen LogP contribution in [0.25, 0.3) is 0 Å². The summed E-state index contributed by atoms with van der Waals surface area (Å²) in [6, 6.07) is 3.15. The summed E-state index contributed by atoms with van der Waals surface area (Å²) >= 11 is 0. The molecule has 9 heteroatoms. The van der Waals surface area contributed by atoms with Gasteiger partial charge in [0.25, 0.3) is 0 Å². The third-order valence-corrected chi connectivity index (χ3v) is 12.8. The molecule has 0 fully saturated rings. The van der Waals surface area contributed by atoms with Crippen molar-refractivity contribution < 1.29 is 61.6 Å². The van der Waals surface area contributed by atoms with E-state index in [9.17, 15) is 22.6 Å². The average Bonchev–Trinajstić information content (AvgIpc) is 3.26. The second-order valence-corrected chi connectivity index (χ2v) is 19.2. The van der Waals surface area contributed by atoms with E-state index in [2.05, 4.69) is 38.2 Å². The fourth-order valence-corrected chi connectivity index (χ4v) is 8.47. The summed E-state index contributed by atoms with van der Waals surface area (Å²) in [5.74, 6) is -1.55. The first kappa shape index (κ1) is 61.5. The van der Waals surface area contributed by atoms with Crippen LogP contribution in [0.5, 0.6) is 0 Å². The molecular weight excluding hydrogens is 816 g/mol. The van der Waals surface area contributed by atoms with Crippen molar-refractivity contribution in [1.82, 2.24) is 0 Å². The predicted molar refractivity (Wildman–Crippen MR) is 260 cm³/mol. The largest absolute Gasteiger partial charge is 1.00 e. The van der Waals surface area contributed by atoms with Crippen LogP contribution >= 0.6 is 0 Å². The molecule has 0 aliphatic heterocycles. The quantitative estimate of drug-likeness (QED) is 0.0211. The van der Waals surface area contributed by atoms with Crippen molar-refractivity contribution >= 4 is 22.1 Å². The molecule has 0 atom stereocenters. The Balaban J connectivity index is 0.0000384. The zero-order chi connectivity index (χ0) is 45.0. The minimum Gasteiger partial charge on any atom is -0.744 e. The first-order chi connectivity index (χ1) is 30.3. The maximum absolute atomic E-state index is 13.0. The van der Waals surface area contributed by atoms with Crippen LogP contribution in [0.4, 0.5) is 0 Å². The number of unbranched alkanes of at least 4 members (excludes halogenated alkanes) is 34. The molecule has 1 aromatic carbocycles. The van der Waals surface area contributed by atoms with Crippen molar-refractivity contribution in [2.24, 2.45) is 0 Å². The van der Waals surface area contributed by atoms with E-state index in [1.807, 2.05) is 0 Å².